The molecule has 0 radical (unpaired) electrons. The first kappa shape index (κ1) is 16.4. The molecule has 0 aliphatic carbocycles. The summed E-state index contributed by atoms with van der Waals surface area (Å²) in [6, 6.07) is -0.0174. The van der Waals surface area contributed by atoms with E-state index in [4.69, 9.17) is 14.7 Å². The van der Waals surface area contributed by atoms with Crippen molar-refractivity contribution in [2.24, 2.45) is 0 Å². The molecule has 0 spiro atoms. The van der Waals surface area contributed by atoms with Crippen LogP contribution in [0.3, 0.4) is 0 Å². The first-order valence-corrected chi connectivity index (χ1v) is 6.30. The molecule has 5 nitrogen and oxygen atoms in total. The van der Waals surface area contributed by atoms with Crippen LogP contribution in [0.5, 0.6) is 0 Å². The fraction of sp³-hybridized carbons (Fsp3) is 0.917. The molecule has 0 saturated carbocycles. The maximum absolute atomic E-state index is 11.5. The second-order valence-electron chi connectivity index (χ2n) is 3.90. The van der Waals surface area contributed by atoms with Gasteiger partial charge in [0.15, 0.2) is 0 Å². The van der Waals surface area contributed by atoms with Crippen molar-refractivity contribution in [1.29, 1.82) is 0 Å². The number of hydrogen-bond donors (Lipinski definition) is 1. The summed E-state index contributed by atoms with van der Waals surface area (Å²) in [5, 5.41) is 10.2. The Labute approximate surface area is 104 Å². The van der Waals surface area contributed by atoms with Crippen LogP contribution in [0.2, 0.25) is 0 Å². The monoisotopic (exact) mass is 247 g/mol. The summed E-state index contributed by atoms with van der Waals surface area (Å²) < 4.78 is 5.13. The van der Waals surface area contributed by atoms with Crippen LogP contribution in [-0.2, 0) is 14.4 Å². The van der Waals surface area contributed by atoms with Gasteiger partial charge < -0.3 is 9.84 Å². The summed E-state index contributed by atoms with van der Waals surface area (Å²) in [7, 11) is 0. The lowest BCUT2D eigenvalue weighted by Crippen LogP contribution is -2.41. The van der Waals surface area contributed by atoms with Gasteiger partial charge >= 0.3 is 0 Å². The van der Waals surface area contributed by atoms with Crippen LogP contribution < -0.4 is 0 Å². The first-order valence-electron chi connectivity index (χ1n) is 6.30. The summed E-state index contributed by atoms with van der Waals surface area (Å²) in [4.78, 5) is 16.8. The van der Waals surface area contributed by atoms with E-state index in [1.54, 1.807) is 0 Å². The van der Waals surface area contributed by atoms with Crippen molar-refractivity contribution in [3.05, 3.63) is 0 Å². The van der Waals surface area contributed by atoms with Crippen molar-refractivity contribution in [2.45, 2.75) is 46.1 Å². The minimum atomic E-state index is -0.523. The number of aliphatic hydroxyl groups is 1. The van der Waals surface area contributed by atoms with Gasteiger partial charge in [0.25, 0.3) is 5.91 Å². The van der Waals surface area contributed by atoms with Gasteiger partial charge in [-0.15, -0.1) is 0 Å². The zero-order valence-electron chi connectivity index (χ0n) is 11.1. The number of aliphatic hydroxyl groups excluding tert-OH is 1. The number of amides is 1. The Morgan fingerprint density at radius 3 is 2.59 bits per heavy atom. The quantitative estimate of drug-likeness (QED) is 0.468. The van der Waals surface area contributed by atoms with Gasteiger partial charge in [-0.1, -0.05) is 19.8 Å². The van der Waals surface area contributed by atoms with Crippen LogP contribution in [-0.4, -0.2) is 48.5 Å². The molecule has 0 aromatic carbocycles. The van der Waals surface area contributed by atoms with Gasteiger partial charge in [0, 0.05) is 6.61 Å². The van der Waals surface area contributed by atoms with Crippen LogP contribution in [0.15, 0.2) is 0 Å². The van der Waals surface area contributed by atoms with Crippen LogP contribution in [0.4, 0.5) is 0 Å². The standard InChI is InChI=1S/C12H25NO4/c1-4-6-7-11(3)13(12(15)10-14)17-9-8-16-5-2/h11,14H,4-10H2,1-3H3. The number of unbranched alkanes of at least 4 members (excludes halogenated alkanes) is 1. The Kier molecular flexibility index (Phi) is 10.1. The van der Waals surface area contributed by atoms with Gasteiger partial charge in [0.2, 0.25) is 0 Å². The largest absolute Gasteiger partial charge is 0.386 e. The first-order chi connectivity index (χ1) is 8.17. The molecule has 1 atom stereocenters. The molecule has 0 aliphatic rings. The molecule has 0 aromatic rings. The third-order valence-electron chi connectivity index (χ3n) is 2.42. The average molecular weight is 247 g/mol. The van der Waals surface area contributed by atoms with Crippen LogP contribution in [0.25, 0.3) is 0 Å². The lowest BCUT2D eigenvalue weighted by Gasteiger charge is -2.27. The van der Waals surface area contributed by atoms with Gasteiger partial charge in [-0.2, -0.15) is 0 Å². The number of ether oxygens (including phenoxy) is 1. The summed E-state index contributed by atoms with van der Waals surface area (Å²) in [5.41, 5.74) is 0. The van der Waals surface area contributed by atoms with Crippen LogP contribution in [0.1, 0.15) is 40.0 Å². The van der Waals surface area contributed by atoms with Gasteiger partial charge in [0.1, 0.15) is 6.61 Å². The predicted molar refractivity (Wildman–Crippen MR) is 65.4 cm³/mol. The highest BCUT2D eigenvalue weighted by molar-refractivity contribution is 5.76. The molecule has 0 rings (SSSR count). The Morgan fingerprint density at radius 1 is 1.35 bits per heavy atom. The van der Waals surface area contributed by atoms with E-state index in [1.165, 1.54) is 5.06 Å². The second-order valence-corrected chi connectivity index (χ2v) is 3.90. The fourth-order valence-electron chi connectivity index (χ4n) is 1.47. The number of hydroxylamine groups is 2. The summed E-state index contributed by atoms with van der Waals surface area (Å²) in [6.45, 7) is 6.81. The summed E-state index contributed by atoms with van der Waals surface area (Å²) >= 11 is 0. The molecule has 102 valence electrons. The van der Waals surface area contributed by atoms with Crippen molar-refractivity contribution >= 4 is 5.91 Å². The maximum Gasteiger partial charge on any atom is 0.272 e. The summed E-state index contributed by atoms with van der Waals surface area (Å²) in [5.74, 6) is -0.398. The molecule has 1 amide bonds. The van der Waals surface area contributed by atoms with Crippen molar-refractivity contribution < 1.29 is 19.5 Å². The zero-order chi connectivity index (χ0) is 13.1. The van der Waals surface area contributed by atoms with E-state index in [0.717, 1.165) is 19.3 Å². The Morgan fingerprint density at radius 2 is 2.06 bits per heavy atom. The smallest absolute Gasteiger partial charge is 0.272 e. The molecule has 5 heteroatoms. The predicted octanol–water partition coefficient (Wildman–Crippen LogP) is 1.35. The van der Waals surface area contributed by atoms with Crippen molar-refractivity contribution in [3.8, 4) is 0 Å². The van der Waals surface area contributed by atoms with E-state index in [2.05, 4.69) is 6.92 Å². The third kappa shape index (κ3) is 7.31. The topological polar surface area (TPSA) is 59.0 Å². The molecule has 0 aromatic heterocycles. The third-order valence-corrected chi connectivity index (χ3v) is 2.42. The van der Waals surface area contributed by atoms with Gasteiger partial charge in [-0.05, 0) is 20.3 Å². The van der Waals surface area contributed by atoms with Crippen molar-refractivity contribution in [1.82, 2.24) is 5.06 Å². The van der Waals surface area contributed by atoms with E-state index in [-0.39, 0.29) is 6.04 Å². The molecule has 0 saturated heterocycles. The minimum Gasteiger partial charge on any atom is -0.386 e. The second kappa shape index (κ2) is 10.5. The van der Waals surface area contributed by atoms with E-state index in [0.29, 0.717) is 19.8 Å². The fourth-order valence-corrected chi connectivity index (χ4v) is 1.47. The van der Waals surface area contributed by atoms with Crippen LogP contribution in [0, 0.1) is 0 Å². The highest BCUT2D eigenvalue weighted by Crippen LogP contribution is 2.09. The maximum atomic E-state index is 11.5. The molecule has 1 unspecified atom stereocenters. The SMILES string of the molecule is CCCCC(C)N(OCCOCC)C(=O)CO. The van der Waals surface area contributed by atoms with Crippen molar-refractivity contribution in [3.63, 3.8) is 0 Å². The lowest BCUT2D eigenvalue weighted by molar-refractivity contribution is -0.206. The Balaban J connectivity index is 4.08. The van der Waals surface area contributed by atoms with Gasteiger partial charge in [0.05, 0.1) is 19.3 Å². The number of hydrogen-bond acceptors (Lipinski definition) is 4. The van der Waals surface area contributed by atoms with E-state index in [1.807, 2.05) is 13.8 Å². The molecular formula is C12H25NO4. The Bertz CT molecular complexity index is 199. The van der Waals surface area contributed by atoms with Gasteiger partial charge in [-0.3, -0.25) is 9.63 Å². The van der Waals surface area contributed by atoms with Gasteiger partial charge in [-0.25, -0.2) is 5.06 Å². The molecule has 0 bridgehead atoms. The summed E-state index contributed by atoms with van der Waals surface area (Å²) in [6.07, 6.45) is 2.98. The molecule has 17 heavy (non-hydrogen) atoms. The molecular weight excluding hydrogens is 222 g/mol. The van der Waals surface area contributed by atoms with E-state index in [9.17, 15) is 4.79 Å². The number of rotatable bonds is 10. The zero-order valence-corrected chi connectivity index (χ0v) is 11.1. The molecule has 0 heterocycles. The Hall–Kier alpha value is -0.650. The van der Waals surface area contributed by atoms with E-state index >= 15 is 0 Å². The highest BCUT2D eigenvalue weighted by Gasteiger charge is 2.19. The lowest BCUT2D eigenvalue weighted by atomic mass is 10.1. The number of carbonyl (C=O) groups is 1. The van der Waals surface area contributed by atoms with E-state index < -0.39 is 12.5 Å². The molecule has 1 N–H and O–H groups in total. The van der Waals surface area contributed by atoms with Crippen molar-refractivity contribution in [2.75, 3.05) is 26.4 Å². The normalized spacial score (nSPS) is 12.5. The highest BCUT2D eigenvalue weighted by atomic mass is 16.7. The number of carbonyl (C=O) groups excluding carboxylic acids is 1. The van der Waals surface area contributed by atoms with Crippen LogP contribution >= 0.6 is 0 Å². The number of nitrogens with zero attached hydrogens (tertiary/aromatic N) is 1. The molecule has 0 fully saturated rings. The molecule has 0 aliphatic heterocycles. The minimum absolute atomic E-state index is 0.0174. The average Bonchev–Trinajstić information content (AvgIpc) is 2.35.